The maximum atomic E-state index is 11.8. The van der Waals surface area contributed by atoms with Gasteiger partial charge in [0.25, 0.3) is 0 Å². The molecule has 0 bridgehead atoms. The number of hydrogen-bond acceptors (Lipinski definition) is 4. The number of amides is 1. The van der Waals surface area contributed by atoms with Crippen LogP contribution in [0.4, 0.5) is 5.69 Å². The van der Waals surface area contributed by atoms with Gasteiger partial charge >= 0.3 is 0 Å². The van der Waals surface area contributed by atoms with E-state index in [2.05, 4.69) is 32.9 Å². The van der Waals surface area contributed by atoms with Gasteiger partial charge in [0, 0.05) is 17.7 Å². The van der Waals surface area contributed by atoms with Gasteiger partial charge in [0.1, 0.15) is 0 Å². The molecule has 0 spiro atoms. The summed E-state index contributed by atoms with van der Waals surface area (Å²) >= 11 is 0. The normalized spacial score (nSPS) is 10.5. The molecule has 0 radical (unpaired) electrons. The summed E-state index contributed by atoms with van der Waals surface area (Å²) in [5.41, 5.74) is 1.68. The molecule has 2 aromatic rings. The highest BCUT2D eigenvalue weighted by Gasteiger charge is 2.04. The predicted molar refractivity (Wildman–Crippen MR) is 81.6 cm³/mol. The van der Waals surface area contributed by atoms with E-state index in [1.54, 1.807) is 0 Å². The van der Waals surface area contributed by atoms with Crippen molar-refractivity contribution in [3.8, 4) is 11.4 Å². The Hall–Kier alpha value is -2.24. The molecule has 0 fully saturated rings. The molecule has 6 nitrogen and oxygen atoms in total. The maximum absolute atomic E-state index is 11.8. The molecule has 2 N–H and O–H groups in total. The Balaban J connectivity index is 1.76. The van der Waals surface area contributed by atoms with Gasteiger partial charge < -0.3 is 5.32 Å². The van der Waals surface area contributed by atoms with Gasteiger partial charge in [-0.2, -0.15) is 0 Å². The van der Waals surface area contributed by atoms with E-state index in [1.807, 2.05) is 24.3 Å². The van der Waals surface area contributed by atoms with Crippen LogP contribution in [0.25, 0.3) is 11.4 Å². The van der Waals surface area contributed by atoms with E-state index in [4.69, 9.17) is 0 Å². The number of unbranched alkanes of at least 4 members (excludes halogenated alkanes) is 4. The number of anilines is 1. The van der Waals surface area contributed by atoms with Crippen LogP contribution in [0.15, 0.2) is 24.3 Å². The van der Waals surface area contributed by atoms with Gasteiger partial charge in [-0.05, 0) is 41.1 Å². The van der Waals surface area contributed by atoms with Gasteiger partial charge in [-0.3, -0.25) is 4.79 Å². The van der Waals surface area contributed by atoms with Crippen LogP contribution in [-0.4, -0.2) is 26.5 Å². The third-order valence-electron chi connectivity index (χ3n) is 3.29. The molecule has 6 heteroatoms. The lowest BCUT2D eigenvalue weighted by molar-refractivity contribution is -0.116. The second-order valence-electron chi connectivity index (χ2n) is 5.04. The van der Waals surface area contributed by atoms with Crippen molar-refractivity contribution in [1.29, 1.82) is 0 Å². The molecule has 0 unspecified atom stereocenters. The summed E-state index contributed by atoms with van der Waals surface area (Å²) in [5.74, 6) is 0.685. The molecular formula is C15H21N5O. The Kier molecular flexibility index (Phi) is 5.87. The van der Waals surface area contributed by atoms with E-state index in [1.165, 1.54) is 19.3 Å². The largest absolute Gasteiger partial charge is 0.326 e. The van der Waals surface area contributed by atoms with Gasteiger partial charge in [0.2, 0.25) is 5.91 Å². The molecule has 0 aliphatic rings. The van der Waals surface area contributed by atoms with Crippen LogP contribution in [-0.2, 0) is 4.79 Å². The number of carbonyl (C=O) groups excluding carboxylic acids is 1. The van der Waals surface area contributed by atoms with Crippen molar-refractivity contribution < 1.29 is 4.79 Å². The fraction of sp³-hybridized carbons (Fsp3) is 0.467. The Morgan fingerprint density at radius 2 is 1.90 bits per heavy atom. The van der Waals surface area contributed by atoms with Crippen molar-refractivity contribution in [1.82, 2.24) is 20.6 Å². The van der Waals surface area contributed by atoms with E-state index in [9.17, 15) is 4.79 Å². The molecule has 0 atom stereocenters. The minimum Gasteiger partial charge on any atom is -0.326 e. The van der Waals surface area contributed by atoms with Gasteiger partial charge in [-0.25, -0.2) is 5.10 Å². The number of benzene rings is 1. The number of H-pyrrole nitrogens is 1. The number of tetrazole rings is 1. The van der Waals surface area contributed by atoms with Crippen molar-refractivity contribution in [3.05, 3.63) is 24.3 Å². The number of nitrogens with zero attached hydrogens (tertiary/aromatic N) is 3. The molecular weight excluding hydrogens is 266 g/mol. The smallest absolute Gasteiger partial charge is 0.224 e. The van der Waals surface area contributed by atoms with Gasteiger partial charge in [-0.15, -0.1) is 5.10 Å². The van der Waals surface area contributed by atoms with Crippen molar-refractivity contribution in [2.24, 2.45) is 0 Å². The van der Waals surface area contributed by atoms with Crippen molar-refractivity contribution in [3.63, 3.8) is 0 Å². The highest BCUT2D eigenvalue weighted by Crippen LogP contribution is 2.17. The van der Waals surface area contributed by atoms with Crippen LogP contribution in [0, 0.1) is 0 Å². The first-order valence-corrected chi connectivity index (χ1v) is 7.43. The minimum absolute atomic E-state index is 0.0700. The molecule has 1 aromatic heterocycles. The zero-order chi connectivity index (χ0) is 14.9. The third kappa shape index (κ3) is 4.98. The summed E-state index contributed by atoms with van der Waals surface area (Å²) in [4.78, 5) is 11.8. The quantitative estimate of drug-likeness (QED) is 0.730. The Morgan fingerprint density at radius 3 is 2.57 bits per heavy atom. The number of aromatic nitrogens is 4. The lowest BCUT2D eigenvalue weighted by Crippen LogP contribution is -2.10. The average Bonchev–Trinajstić information content (AvgIpc) is 3.02. The Morgan fingerprint density at radius 1 is 1.14 bits per heavy atom. The first kappa shape index (κ1) is 15.2. The monoisotopic (exact) mass is 287 g/mol. The highest BCUT2D eigenvalue weighted by molar-refractivity contribution is 5.90. The lowest BCUT2D eigenvalue weighted by atomic mass is 10.1. The molecule has 112 valence electrons. The van der Waals surface area contributed by atoms with Crippen LogP contribution in [0.1, 0.15) is 45.4 Å². The summed E-state index contributed by atoms with van der Waals surface area (Å²) in [5, 5.41) is 16.5. The molecule has 0 saturated carbocycles. The standard InChI is InChI=1S/C15H21N5O/c1-2-3-4-5-6-7-14(21)16-13-10-8-12(9-11-13)15-17-19-20-18-15/h8-11H,2-7H2,1H3,(H,16,21)(H,17,18,19,20). The number of nitrogens with one attached hydrogen (secondary N) is 2. The van der Waals surface area contributed by atoms with Crippen LogP contribution in [0.5, 0.6) is 0 Å². The fourth-order valence-electron chi connectivity index (χ4n) is 2.11. The summed E-state index contributed by atoms with van der Waals surface area (Å²) in [6.45, 7) is 2.19. The van der Waals surface area contributed by atoms with E-state index in [0.717, 1.165) is 24.1 Å². The summed E-state index contributed by atoms with van der Waals surface area (Å²) in [6, 6.07) is 7.46. The SMILES string of the molecule is CCCCCCCC(=O)Nc1ccc(-c2nnn[nH]2)cc1. The number of carbonyl (C=O) groups is 1. The third-order valence-corrected chi connectivity index (χ3v) is 3.29. The lowest BCUT2D eigenvalue weighted by Gasteiger charge is -2.05. The minimum atomic E-state index is 0.0700. The van der Waals surface area contributed by atoms with Crippen LogP contribution >= 0.6 is 0 Å². The van der Waals surface area contributed by atoms with Crippen molar-refractivity contribution in [2.45, 2.75) is 45.4 Å². The molecule has 0 aliphatic carbocycles. The molecule has 1 amide bonds. The zero-order valence-corrected chi connectivity index (χ0v) is 12.3. The topological polar surface area (TPSA) is 83.6 Å². The van der Waals surface area contributed by atoms with Crippen LogP contribution in [0.2, 0.25) is 0 Å². The van der Waals surface area contributed by atoms with Crippen LogP contribution < -0.4 is 5.32 Å². The Bertz CT molecular complexity index is 536. The number of hydrogen-bond donors (Lipinski definition) is 2. The second-order valence-corrected chi connectivity index (χ2v) is 5.04. The summed E-state index contributed by atoms with van der Waals surface area (Å²) in [7, 11) is 0. The fourth-order valence-corrected chi connectivity index (χ4v) is 2.11. The molecule has 21 heavy (non-hydrogen) atoms. The summed E-state index contributed by atoms with van der Waals surface area (Å²) < 4.78 is 0. The Labute approximate surface area is 124 Å². The number of rotatable bonds is 8. The van der Waals surface area contributed by atoms with E-state index in [0.29, 0.717) is 12.2 Å². The summed E-state index contributed by atoms with van der Waals surface area (Å²) in [6.07, 6.45) is 6.34. The van der Waals surface area contributed by atoms with E-state index < -0.39 is 0 Å². The van der Waals surface area contributed by atoms with Gasteiger partial charge in [0.15, 0.2) is 5.82 Å². The van der Waals surface area contributed by atoms with Gasteiger partial charge in [-0.1, -0.05) is 32.6 Å². The van der Waals surface area contributed by atoms with E-state index in [-0.39, 0.29) is 5.91 Å². The molecule has 2 rings (SSSR count). The molecule has 1 heterocycles. The second kappa shape index (κ2) is 8.14. The van der Waals surface area contributed by atoms with Crippen molar-refractivity contribution in [2.75, 3.05) is 5.32 Å². The van der Waals surface area contributed by atoms with Crippen LogP contribution in [0.3, 0.4) is 0 Å². The average molecular weight is 287 g/mol. The van der Waals surface area contributed by atoms with Crippen molar-refractivity contribution >= 4 is 11.6 Å². The maximum Gasteiger partial charge on any atom is 0.224 e. The predicted octanol–water partition coefficient (Wildman–Crippen LogP) is 3.17. The molecule has 1 aromatic carbocycles. The van der Waals surface area contributed by atoms with Gasteiger partial charge in [0.05, 0.1) is 0 Å². The highest BCUT2D eigenvalue weighted by atomic mass is 16.1. The zero-order valence-electron chi connectivity index (χ0n) is 12.3. The molecule has 0 aliphatic heterocycles. The first-order valence-electron chi connectivity index (χ1n) is 7.43. The first-order chi connectivity index (χ1) is 10.3. The molecule has 0 saturated heterocycles. The number of aromatic amines is 1. The van der Waals surface area contributed by atoms with E-state index >= 15 is 0 Å².